The van der Waals surface area contributed by atoms with E-state index in [1.165, 1.54) is 26.0 Å². The fraction of sp³-hybridized carbons (Fsp3) is 0.0435. The van der Waals surface area contributed by atoms with Gasteiger partial charge in [0.1, 0.15) is 11.1 Å². The SMILES string of the molecule is Cc1ccc(Sc2ccc(C=C(C#N)c3nc(-c4ccc(Cl)cc4)cs3)s2)cc1. The molecule has 0 spiro atoms. The van der Waals surface area contributed by atoms with Crippen LogP contribution in [-0.2, 0) is 0 Å². The summed E-state index contributed by atoms with van der Waals surface area (Å²) >= 11 is 10.8. The molecule has 0 N–H and O–H groups in total. The Morgan fingerprint density at radius 1 is 1.07 bits per heavy atom. The number of aryl methyl sites for hydroxylation is 1. The molecule has 2 aromatic heterocycles. The molecular formula is C23H15ClN2S3. The number of allylic oxidation sites excluding steroid dienone is 1. The van der Waals surface area contributed by atoms with Crippen LogP contribution in [0.15, 0.2) is 75.1 Å². The molecule has 29 heavy (non-hydrogen) atoms. The Labute approximate surface area is 187 Å². The Balaban J connectivity index is 1.54. The molecule has 0 saturated carbocycles. The zero-order valence-corrected chi connectivity index (χ0v) is 18.6. The molecule has 4 rings (SSSR count). The lowest BCUT2D eigenvalue weighted by atomic mass is 10.2. The van der Waals surface area contributed by atoms with Crippen LogP contribution in [0.4, 0.5) is 0 Å². The van der Waals surface area contributed by atoms with Crippen molar-refractivity contribution in [2.75, 3.05) is 0 Å². The maximum absolute atomic E-state index is 9.66. The van der Waals surface area contributed by atoms with Gasteiger partial charge in [0.15, 0.2) is 0 Å². The predicted molar refractivity (Wildman–Crippen MR) is 126 cm³/mol. The molecule has 0 aliphatic rings. The smallest absolute Gasteiger partial charge is 0.134 e. The lowest BCUT2D eigenvalue weighted by Gasteiger charge is -1.98. The number of aromatic nitrogens is 1. The van der Waals surface area contributed by atoms with Gasteiger partial charge in [0.25, 0.3) is 0 Å². The Hall–Kier alpha value is -2.36. The summed E-state index contributed by atoms with van der Waals surface area (Å²) in [5.74, 6) is 0. The van der Waals surface area contributed by atoms with Crippen LogP contribution in [-0.4, -0.2) is 4.98 Å². The number of benzene rings is 2. The largest absolute Gasteiger partial charge is 0.235 e. The zero-order chi connectivity index (χ0) is 20.2. The number of hydrogen-bond donors (Lipinski definition) is 0. The highest BCUT2D eigenvalue weighted by atomic mass is 35.5. The number of nitrogens with zero attached hydrogens (tertiary/aromatic N) is 2. The monoisotopic (exact) mass is 450 g/mol. The van der Waals surface area contributed by atoms with Crippen molar-refractivity contribution in [1.82, 2.24) is 4.98 Å². The van der Waals surface area contributed by atoms with Crippen molar-refractivity contribution >= 4 is 57.7 Å². The van der Waals surface area contributed by atoms with Crippen LogP contribution >= 0.6 is 46.0 Å². The molecule has 0 fully saturated rings. The number of rotatable bonds is 5. The fourth-order valence-electron chi connectivity index (χ4n) is 2.62. The molecule has 6 heteroatoms. The van der Waals surface area contributed by atoms with Gasteiger partial charge in [-0.15, -0.1) is 22.7 Å². The Morgan fingerprint density at radius 2 is 1.83 bits per heavy atom. The second-order valence-corrected chi connectivity index (χ2v) is 10.1. The van der Waals surface area contributed by atoms with E-state index < -0.39 is 0 Å². The summed E-state index contributed by atoms with van der Waals surface area (Å²) in [5.41, 5.74) is 3.67. The molecule has 0 amide bonds. The van der Waals surface area contributed by atoms with Crippen molar-refractivity contribution in [2.24, 2.45) is 0 Å². The van der Waals surface area contributed by atoms with E-state index >= 15 is 0 Å². The minimum atomic E-state index is 0.573. The first-order chi connectivity index (χ1) is 14.1. The summed E-state index contributed by atoms with van der Waals surface area (Å²) in [7, 11) is 0. The van der Waals surface area contributed by atoms with Crippen molar-refractivity contribution in [3.8, 4) is 17.3 Å². The van der Waals surface area contributed by atoms with E-state index in [0.29, 0.717) is 10.6 Å². The number of thiazole rings is 1. The highest BCUT2D eigenvalue weighted by molar-refractivity contribution is 8.01. The Morgan fingerprint density at radius 3 is 2.55 bits per heavy atom. The molecule has 0 atom stereocenters. The van der Waals surface area contributed by atoms with E-state index in [1.807, 2.05) is 41.8 Å². The first-order valence-corrected chi connectivity index (χ1v) is 11.7. The van der Waals surface area contributed by atoms with Crippen molar-refractivity contribution in [2.45, 2.75) is 16.0 Å². The van der Waals surface area contributed by atoms with Gasteiger partial charge >= 0.3 is 0 Å². The molecule has 0 aliphatic carbocycles. The lowest BCUT2D eigenvalue weighted by molar-refractivity contribution is 1.37. The van der Waals surface area contributed by atoms with Crippen LogP contribution in [0, 0.1) is 18.3 Å². The topological polar surface area (TPSA) is 36.7 Å². The summed E-state index contributed by atoms with van der Waals surface area (Å²) < 4.78 is 1.19. The summed E-state index contributed by atoms with van der Waals surface area (Å²) in [4.78, 5) is 6.89. The van der Waals surface area contributed by atoms with Crippen LogP contribution < -0.4 is 0 Å². The molecule has 142 valence electrons. The van der Waals surface area contributed by atoms with Crippen LogP contribution in [0.3, 0.4) is 0 Å². The van der Waals surface area contributed by atoms with Crippen LogP contribution in [0.25, 0.3) is 22.9 Å². The summed E-state index contributed by atoms with van der Waals surface area (Å²) in [6.07, 6.45) is 1.91. The van der Waals surface area contributed by atoms with Gasteiger partial charge in [-0.1, -0.05) is 53.2 Å². The number of halogens is 1. The third-order valence-electron chi connectivity index (χ3n) is 4.12. The van der Waals surface area contributed by atoms with Gasteiger partial charge in [-0.25, -0.2) is 4.98 Å². The Bertz CT molecular complexity index is 1200. The van der Waals surface area contributed by atoms with Crippen molar-refractivity contribution in [1.29, 1.82) is 5.26 Å². The summed E-state index contributed by atoms with van der Waals surface area (Å²) in [6.45, 7) is 2.09. The average Bonchev–Trinajstić information content (AvgIpc) is 3.38. The molecule has 2 nitrogen and oxygen atoms in total. The van der Waals surface area contributed by atoms with E-state index in [1.54, 1.807) is 23.1 Å². The van der Waals surface area contributed by atoms with E-state index in [9.17, 15) is 5.26 Å². The van der Waals surface area contributed by atoms with Crippen molar-refractivity contribution in [3.63, 3.8) is 0 Å². The predicted octanol–water partition coefficient (Wildman–Crippen LogP) is 8.05. The Kier molecular flexibility index (Phi) is 6.17. The van der Waals surface area contributed by atoms with E-state index in [0.717, 1.165) is 21.1 Å². The molecule has 4 aromatic rings. The van der Waals surface area contributed by atoms with Gasteiger partial charge < -0.3 is 0 Å². The standard InChI is InChI=1S/C23H15ClN2S3/c1-15-2-8-19(9-3-15)28-22-11-10-20(29-22)12-17(13-25)23-26-21(14-27-23)16-4-6-18(24)7-5-16/h2-12,14H,1H3. The van der Waals surface area contributed by atoms with Gasteiger partial charge in [-0.3, -0.25) is 0 Å². The minimum absolute atomic E-state index is 0.573. The normalized spacial score (nSPS) is 11.4. The van der Waals surface area contributed by atoms with Gasteiger partial charge in [0.2, 0.25) is 0 Å². The first kappa shape index (κ1) is 19.9. The van der Waals surface area contributed by atoms with Gasteiger partial charge in [0.05, 0.1) is 15.5 Å². The number of hydrogen-bond acceptors (Lipinski definition) is 5. The second kappa shape index (κ2) is 8.98. The molecule has 0 unspecified atom stereocenters. The van der Waals surface area contributed by atoms with E-state index in [4.69, 9.17) is 11.6 Å². The quantitative estimate of drug-likeness (QED) is 0.288. The fourth-order valence-corrected chi connectivity index (χ4v) is 5.61. The van der Waals surface area contributed by atoms with E-state index in [2.05, 4.69) is 48.3 Å². The number of nitriles is 1. The second-order valence-electron chi connectivity index (χ2n) is 6.29. The first-order valence-electron chi connectivity index (χ1n) is 8.79. The van der Waals surface area contributed by atoms with Gasteiger partial charge in [-0.05, 0) is 49.4 Å². The molecule has 0 aliphatic heterocycles. The molecule has 0 radical (unpaired) electrons. The van der Waals surface area contributed by atoms with Crippen LogP contribution in [0.5, 0.6) is 0 Å². The van der Waals surface area contributed by atoms with Crippen LogP contribution in [0.2, 0.25) is 5.02 Å². The summed E-state index contributed by atoms with van der Waals surface area (Å²) in [5, 5.41) is 13.0. The van der Waals surface area contributed by atoms with Crippen LogP contribution in [0.1, 0.15) is 15.4 Å². The maximum atomic E-state index is 9.66. The molecule has 0 saturated heterocycles. The highest BCUT2D eigenvalue weighted by Crippen LogP contribution is 2.35. The average molecular weight is 451 g/mol. The summed E-state index contributed by atoms with van der Waals surface area (Å²) in [6, 6.07) is 22.5. The molecule has 0 bridgehead atoms. The molecular weight excluding hydrogens is 436 g/mol. The van der Waals surface area contributed by atoms with Gasteiger partial charge in [0, 0.05) is 25.7 Å². The maximum Gasteiger partial charge on any atom is 0.134 e. The highest BCUT2D eigenvalue weighted by Gasteiger charge is 2.10. The van der Waals surface area contributed by atoms with E-state index in [-0.39, 0.29) is 0 Å². The zero-order valence-electron chi connectivity index (χ0n) is 15.4. The van der Waals surface area contributed by atoms with Gasteiger partial charge in [-0.2, -0.15) is 5.26 Å². The third kappa shape index (κ3) is 4.98. The third-order valence-corrected chi connectivity index (χ3v) is 7.42. The number of thiophene rings is 1. The van der Waals surface area contributed by atoms with Crippen molar-refractivity contribution in [3.05, 3.63) is 86.5 Å². The lowest BCUT2D eigenvalue weighted by Crippen LogP contribution is -1.82. The minimum Gasteiger partial charge on any atom is -0.235 e. The van der Waals surface area contributed by atoms with Crippen molar-refractivity contribution < 1.29 is 0 Å². The molecule has 2 heterocycles. The molecule has 2 aromatic carbocycles.